The topological polar surface area (TPSA) is 132 Å². The molecule has 3 aromatic rings. The van der Waals surface area contributed by atoms with Crippen molar-refractivity contribution in [1.29, 1.82) is 0 Å². The number of carboxylic acid groups (broad SMARTS) is 1. The molecule has 0 unspecified atom stereocenters. The van der Waals surface area contributed by atoms with Gasteiger partial charge < -0.3 is 35.0 Å². The maximum atomic E-state index is 14.8. The van der Waals surface area contributed by atoms with Crippen molar-refractivity contribution in [2.75, 3.05) is 76.9 Å². The molecule has 1 aliphatic heterocycles. The lowest BCUT2D eigenvalue weighted by Crippen LogP contribution is -2.44. The van der Waals surface area contributed by atoms with Gasteiger partial charge in [0.25, 0.3) is 0 Å². The zero-order valence-electron chi connectivity index (χ0n) is 25.2. The predicted molar refractivity (Wildman–Crippen MR) is 166 cm³/mol. The zero-order valence-corrected chi connectivity index (χ0v) is 25.2. The summed E-state index contributed by atoms with van der Waals surface area (Å²) in [5.74, 6) is -0.287. The summed E-state index contributed by atoms with van der Waals surface area (Å²) < 4.78 is 25.4. The van der Waals surface area contributed by atoms with Crippen molar-refractivity contribution in [2.45, 2.75) is 19.3 Å². The van der Waals surface area contributed by atoms with Gasteiger partial charge in [0.1, 0.15) is 5.82 Å². The number of nitrogens with zero attached hydrogens (tertiary/aromatic N) is 5. The molecule has 1 aromatic heterocycles. The second kappa shape index (κ2) is 16.5. The van der Waals surface area contributed by atoms with Gasteiger partial charge in [-0.05, 0) is 49.7 Å². The Kier molecular flexibility index (Phi) is 12.2. The van der Waals surface area contributed by atoms with E-state index < -0.39 is 11.9 Å². The van der Waals surface area contributed by atoms with E-state index in [0.717, 1.165) is 49.6 Å². The number of methoxy groups -OCH3 is 1. The fourth-order valence-corrected chi connectivity index (χ4v) is 4.73. The van der Waals surface area contributed by atoms with Crippen LogP contribution in [0.15, 0.2) is 54.7 Å². The first kappa shape index (κ1) is 32.6. The van der Waals surface area contributed by atoms with Gasteiger partial charge in [0.05, 0.1) is 18.9 Å². The van der Waals surface area contributed by atoms with Crippen molar-refractivity contribution < 1.29 is 28.6 Å². The van der Waals surface area contributed by atoms with Crippen LogP contribution in [-0.4, -0.2) is 104 Å². The number of piperazine rings is 1. The third-order valence-corrected chi connectivity index (χ3v) is 7.16. The van der Waals surface area contributed by atoms with E-state index in [9.17, 15) is 19.1 Å². The number of aromatic nitrogens is 2. The number of likely N-dealkylation sites (N-methyl/N-ethyl adjacent to an activating group) is 1. The molecular weight excluding hydrogens is 569 g/mol. The molecule has 12 nitrogen and oxygen atoms in total. The summed E-state index contributed by atoms with van der Waals surface area (Å²) in [7, 11) is 3.68. The van der Waals surface area contributed by atoms with Crippen molar-refractivity contribution in [3.8, 4) is 5.75 Å². The van der Waals surface area contributed by atoms with Crippen LogP contribution in [0.4, 0.5) is 32.3 Å². The molecule has 0 bridgehead atoms. The largest absolute Gasteiger partial charge is 0.490 e. The maximum Gasteiger partial charge on any atom is 0.417 e. The van der Waals surface area contributed by atoms with Crippen LogP contribution in [0.25, 0.3) is 0 Å². The van der Waals surface area contributed by atoms with E-state index in [1.807, 2.05) is 6.07 Å². The van der Waals surface area contributed by atoms with E-state index in [0.29, 0.717) is 37.6 Å². The average Bonchev–Trinajstić information content (AvgIpc) is 3.00. The van der Waals surface area contributed by atoms with Gasteiger partial charge in [-0.1, -0.05) is 12.1 Å². The molecule has 1 aliphatic rings. The summed E-state index contributed by atoms with van der Waals surface area (Å²) in [5.41, 5.74) is 1.54. The lowest BCUT2D eigenvalue weighted by molar-refractivity contribution is -0.121. The van der Waals surface area contributed by atoms with Crippen LogP contribution in [0, 0.1) is 5.82 Å². The Balaban J connectivity index is 1.35. The van der Waals surface area contributed by atoms with Crippen LogP contribution in [0.5, 0.6) is 5.75 Å². The number of benzene rings is 2. The molecule has 236 valence electrons. The molecule has 4 rings (SSSR count). The number of ether oxygens (including phenoxy) is 2. The third-order valence-electron chi connectivity index (χ3n) is 7.16. The number of hydrogen-bond donors (Lipinski definition) is 3. The summed E-state index contributed by atoms with van der Waals surface area (Å²) in [6, 6.07) is 12.8. The summed E-state index contributed by atoms with van der Waals surface area (Å²) in [6.07, 6.45) is 1.65. The third kappa shape index (κ3) is 9.86. The maximum absolute atomic E-state index is 14.8. The highest BCUT2D eigenvalue weighted by molar-refractivity contribution is 5.93. The molecule has 0 spiro atoms. The number of hydrogen-bond acceptors (Lipinski definition) is 9. The lowest BCUT2D eigenvalue weighted by atomic mass is 10.1. The van der Waals surface area contributed by atoms with Crippen LogP contribution in [-0.2, 0) is 16.0 Å². The Morgan fingerprint density at radius 2 is 1.91 bits per heavy atom. The van der Waals surface area contributed by atoms with Crippen molar-refractivity contribution in [1.82, 2.24) is 25.1 Å². The molecule has 0 atom stereocenters. The lowest BCUT2D eigenvalue weighted by Gasteiger charge is -2.32. The standard InChI is InChI=1S/C31H40FN7O5/c1-37-15-17-38(18-16-37)14-4-19-44-27-9-8-24(22-26(27)32)35-30-34-12-11-28(36-30)39(31(41)42)25-6-3-5-23(21-25)7-10-29(40)33-13-20-43-2/h3,5-6,8-9,11-12,21-22H,4,7,10,13-20H2,1-2H3,(H,33,40)(H,41,42)(H,34,35,36). The zero-order chi connectivity index (χ0) is 31.3. The fourth-order valence-electron chi connectivity index (χ4n) is 4.73. The van der Waals surface area contributed by atoms with Gasteiger partial charge in [-0.2, -0.15) is 4.98 Å². The van der Waals surface area contributed by atoms with E-state index >= 15 is 0 Å². The molecule has 2 heterocycles. The quantitative estimate of drug-likeness (QED) is 0.218. The number of amides is 2. The average molecular weight is 610 g/mol. The molecule has 3 N–H and O–H groups in total. The minimum Gasteiger partial charge on any atom is -0.490 e. The highest BCUT2D eigenvalue weighted by Gasteiger charge is 2.20. The summed E-state index contributed by atoms with van der Waals surface area (Å²) in [5, 5.41) is 15.7. The van der Waals surface area contributed by atoms with E-state index in [1.54, 1.807) is 37.4 Å². The molecule has 1 saturated heterocycles. The van der Waals surface area contributed by atoms with Gasteiger partial charge >= 0.3 is 6.09 Å². The molecule has 1 fully saturated rings. The highest BCUT2D eigenvalue weighted by Crippen LogP contribution is 2.27. The number of nitrogens with one attached hydrogen (secondary N) is 2. The van der Waals surface area contributed by atoms with Gasteiger partial charge in [-0.15, -0.1) is 0 Å². The Morgan fingerprint density at radius 3 is 2.66 bits per heavy atom. The first-order valence-electron chi connectivity index (χ1n) is 14.6. The highest BCUT2D eigenvalue weighted by atomic mass is 19.1. The molecule has 0 radical (unpaired) electrons. The van der Waals surface area contributed by atoms with Crippen molar-refractivity contribution in [3.63, 3.8) is 0 Å². The molecule has 0 saturated carbocycles. The number of rotatable bonds is 15. The fraction of sp³-hybridized carbons (Fsp3) is 0.419. The molecule has 2 aromatic carbocycles. The second-order valence-electron chi connectivity index (χ2n) is 10.5. The van der Waals surface area contributed by atoms with Crippen LogP contribution in [0.2, 0.25) is 0 Å². The van der Waals surface area contributed by atoms with E-state index in [2.05, 4.69) is 37.4 Å². The molecule has 44 heavy (non-hydrogen) atoms. The van der Waals surface area contributed by atoms with Crippen LogP contribution in [0.3, 0.4) is 0 Å². The van der Waals surface area contributed by atoms with E-state index in [1.165, 1.54) is 18.3 Å². The van der Waals surface area contributed by atoms with Gasteiger partial charge in [-0.25, -0.2) is 19.1 Å². The molecule has 13 heteroatoms. The summed E-state index contributed by atoms with van der Waals surface area (Å²) in [6.45, 7) is 6.33. The molecule has 2 amide bonds. The van der Waals surface area contributed by atoms with Gasteiger partial charge in [0.2, 0.25) is 11.9 Å². The first-order chi connectivity index (χ1) is 21.3. The van der Waals surface area contributed by atoms with Crippen LogP contribution in [0.1, 0.15) is 18.4 Å². The monoisotopic (exact) mass is 609 g/mol. The van der Waals surface area contributed by atoms with Gasteiger partial charge in [-0.3, -0.25) is 4.79 Å². The number of aryl methyl sites for hydroxylation is 1. The Morgan fingerprint density at radius 1 is 1.09 bits per heavy atom. The van der Waals surface area contributed by atoms with Crippen molar-refractivity contribution >= 4 is 35.1 Å². The normalized spacial score (nSPS) is 13.8. The van der Waals surface area contributed by atoms with Crippen LogP contribution < -0.4 is 20.3 Å². The Hall–Kier alpha value is -4.33. The number of carbonyl (C=O) groups excluding carboxylic acids is 1. The second-order valence-corrected chi connectivity index (χ2v) is 10.5. The van der Waals surface area contributed by atoms with Gasteiger partial charge in [0, 0.05) is 76.8 Å². The summed E-state index contributed by atoms with van der Waals surface area (Å²) >= 11 is 0. The molecular formula is C31H40FN7O5. The van der Waals surface area contributed by atoms with Gasteiger partial charge in [0.15, 0.2) is 11.6 Å². The Labute approximate surface area is 256 Å². The van der Waals surface area contributed by atoms with Crippen molar-refractivity contribution in [3.05, 3.63) is 66.1 Å². The number of halogens is 1. The number of carbonyl (C=O) groups is 2. The predicted octanol–water partition coefficient (Wildman–Crippen LogP) is 3.89. The van der Waals surface area contributed by atoms with Crippen LogP contribution >= 0.6 is 0 Å². The first-order valence-corrected chi connectivity index (χ1v) is 14.6. The van der Waals surface area contributed by atoms with E-state index in [-0.39, 0.29) is 29.8 Å². The SMILES string of the molecule is COCCNC(=O)CCc1cccc(N(C(=O)O)c2ccnc(Nc3ccc(OCCCN4CCN(C)CC4)c(F)c3)n2)c1. The van der Waals surface area contributed by atoms with Crippen molar-refractivity contribution in [2.24, 2.45) is 0 Å². The minimum atomic E-state index is -1.25. The summed E-state index contributed by atoms with van der Waals surface area (Å²) in [4.78, 5) is 38.6. The number of anilines is 4. The Bertz CT molecular complexity index is 1390. The van der Waals surface area contributed by atoms with E-state index in [4.69, 9.17) is 9.47 Å². The minimum absolute atomic E-state index is 0.0953. The molecule has 0 aliphatic carbocycles. The smallest absolute Gasteiger partial charge is 0.417 e.